The van der Waals surface area contributed by atoms with Crippen LogP contribution in [0.4, 0.5) is 5.82 Å². The molecule has 2 heterocycles. The van der Waals surface area contributed by atoms with Gasteiger partial charge in [0, 0.05) is 24.2 Å². The van der Waals surface area contributed by atoms with Crippen molar-refractivity contribution in [3.63, 3.8) is 0 Å². The Hall–Kier alpha value is -1.13. The summed E-state index contributed by atoms with van der Waals surface area (Å²) in [7, 11) is 0. The van der Waals surface area contributed by atoms with Gasteiger partial charge in [-0.15, -0.1) is 11.3 Å². The molecule has 3 rings (SSSR count). The van der Waals surface area contributed by atoms with Crippen molar-refractivity contribution in [1.29, 1.82) is 0 Å². The van der Waals surface area contributed by atoms with Crippen LogP contribution in [-0.2, 0) is 0 Å². The summed E-state index contributed by atoms with van der Waals surface area (Å²) in [5, 5.41) is 3.40. The zero-order valence-corrected chi connectivity index (χ0v) is 13.8. The van der Waals surface area contributed by atoms with E-state index in [1.165, 1.54) is 42.7 Å². The van der Waals surface area contributed by atoms with E-state index in [-0.39, 0.29) is 0 Å². The molecule has 0 atom stereocenters. The predicted molar refractivity (Wildman–Crippen MR) is 90.3 cm³/mol. The van der Waals surface area contributed by atoms with Crippen LogP contribution in [0.1, 0.15) is 50.6 Å². The molecule has 21 heavy (non-hydrogen) atoms. The van der Waals surface area contributed by atoms with Gasteiger partial charge >= 0.3 is 0 Å². The van der Waals surface area contributed by atoms with Gasteiger partial charge in [0.25, 0.3) is 0 Å². The molecule has 1 aliphatic carbocycles. The molecule has 1 aliphatic rings. The van der Waals surface area contributed by atoms with Crippen molar-refractivity contribution in [2.45, 2.75) is 44.9 Å². The maximum absolute atomic E-state index is 6.05. The number of halogens is 1. The van der Waals surface area contributed by atoms with Gasteiger partial charge in [0.2, 0.25) is 0 Å². The van der Waals surface area contributed by atoms with Gasteiger partial charge in [-0.1, -0.05) is 31.4 Å². The van der Waals surface area contributed by atoms with E-state index in [0.717, 1.165) is 33.8 Å². The molecular weight excluding hydrogens is 302 g/mol. The van der Waals surface area contributed by atoms with Gasteiger partial charge in [-0.05, 0) is 31.4 Å². The first-order valence-corrected chi connectivity index (χ1v) is 8.84. The summed E-state index contributed by atoms with van der Waals surface area (Å²) in [5.74, 6) is 2.33. The van der Waals surface area contributed by atoms with E-state index in [9.17, 15) is 0 Å². The number of anilines is 1. The summed E-state index contributed by atoms with van der Waals surface area (Å²) in [4.78, 5) is 10.5. The molecule has 0 aromatic carbocycles. The van der Waals surface area contributed by atoms with Crippen LogP contribution >= 0.6 is 22.9 Å². The number of aromatic nitrogens is 2. The Morgan fingerprint density at radius 2 is 2.10 bits per heavy atom. The van der Waals surface area contributed by atoms with Crippen LogP contribution in [0.25, 0.3) is 10.7 Å². The topological polar surface area (TPSA) is 37.8 Å². The van der Waals surface area contributed by atoms with Crippen LogP contribution in [0.2, 0.25) is 4.34 Å². The van der Waals surface area contributed by atoms with Crippen molar-refractivity contribution in [2.24, 2.45) is 0 Å². The highest BCUT2D eigenvalue weighted by atomic mass is 35.5. The number of hydrogen-bond donors (Lipinski definition) is 1. The highest BCUT2D eigenvalue weighted by Crippen LogP contribution is 2.36. The summed E-state index contributed by atoms with van der Waals surface area (Å²) >= 11 is 7.59. The molecule has 3 nitrogen and oxygen atoms in total. The van der Waals surface area contributed by atoms with E-state index in [4.69, 9.17) is 16.6 Å². The Kier molecular flexibility index (Phi) is 4.76. The molecule has 0 bridgehead atoms. The van der Waals surface area contributed by atoms with E-state index in [0.29, 0.717) is 5.92 Å². The zero-order valence-electron chi connectivity index (χ0n) is 12.2. The second-order valence-corrected chi connectivity index (χ2v) is 7.23. The Morgan fingerprint density at radius 3 is 2.76 bits per heavy atom. The van der Waals surface area contributed by atoms with Crippen molar-refractivity contribution in [3.05, 3.63) is 28.2 Å². The van der Waals surface area contributed by atoms with E-state index in [2.05, 4.69) is 23.3 Å². The molecule has 0 unspecified atom stereocenters. The molecule has 1 N–H and O–H groups in total. The van der Waals surface area contributed by atoms with E-state index < -0.39 is 0 Å². The minimum Gasteiger partial charge on any atom is -0.370 e. The molecule has 0 saturated heterocycles. The number of nitrogens with zero attached hydrogens (tertiary/aromatic N) is 2. The monoisotopic (exact) mass is 321 g/mol. The normalized spacial score (nSPS) is 15.5. The molecule has 1 saturated carbocycles. The Labute approximate surface area is 134 Å². The standard InChI is InChI=1S/C16H20ClN3S/c1-2-9-18-15-10-12(11-5-3-4-6-11)19-16(20-15)13-7-8-14(17)21-13/h7-8,10-11H,2-6,9H2,1H3,(H,18,19,20). The molecule has 2 aromatic heterocycles. The summed E-state index contributed by atoms with van der Waals surface area (Å²) in [6.07, 6.45) is 6.20. The Balaban J connectivity index is 1.95. The molecule has 1 fully saturated rings. The minimum atomic E-state index is 0.587. The fourth-order valence-corrected chi connectivity index (χ4v) is 3.76. The van der Waals surface area contributed by atoms with Gasteiger partial charge in [0.05, 0.1) is 9.21 Å². The van der Waals surface area contributed by atoms with Crippen LogP contribution in [0.15, 0.2) is 18.2 Å². The van der Waals surface area contributed by atoms with Crippen molar-refractivity contribution in [1.82, 2.24) is 9.97 Å². The number of nitrogens with one attached hydrogen (secondary N) is 1. The van der Waals surface area contributed by atoms with Crippen LogP contribution in [0, 0.1) is 0 Å². The number of thiophene rings is 1. The summed E-state index contributed by atoms with van der Waals surface area (Å²) in [6, 6.07) is 6.04. The average Bonchev–Trinajstić information content (AvgIpc) is 3.16. The predicted octanol–water partition coefficient (Wildman–Crippen LogP) is 5.34. The fourth-order valence-electron chi connectivity index (χ4n) is 2.79. The highest BCUT2D eigenvalue weighted by molar-refractivity contribution is 7.19. The van der Waals surface area contributed by atoms with Gasteiger partial charge in [-0.2, -0.15) is 0 Å². The third-order valence-electron chi connectivity index (χ3n) is 3.87. The van der Waals surface area contributed by atoms with Gasteiger partial charge < -0.3 is 5.32 Å². The lowest BCUT2D eigenvalue weighted by Gasteiger charge is -2.12. The van der Waals surface area contributed by atoms with Gasteiger partial charge in [-0.25, -0.2) is 9.97 Å². The van der Waals surface area contributed by atoms with Gasteiger partial charge in [0.15, 0.2) is 5.82 Å². The molecule has 112 valence electrons. The Bertz CT molecular complexity index is 605. The molecule has 0 aliphatic heterocycles. The molecule has 5 heteroatoms. The van der Waals surface area contributed by atoms with Crippen molar-refractivity contribution < 1.29 is 0 Å². The van der Waals surface area contributed by atoms with Crippen LogP contribution in [-0.4, -0.2) is 16.5 Å². The minimum absolute atomic E-state index is 0.587. The lowest BCUT2D eigenvalue weighted by Crippen LogP contribution is -2.07. The first-order valence-electron chi connectivity index (χ1n) is 7.65. The molecule has 2 aromatic rings. The number of hydrogen-bond acceptors (Lipinski definition) is 4. The maximum atomic E-state index is 6.05. The third kappa shape index (κ3) is 3.55. The second-order valence-electron chi connectivity index (χ2n) is 5.51. The second kappa shape index (κ2) is 6.75. The first kappa shape index (κ1) is 14.8. The van der Waals surface area contributed by atoms with Crippen LogP contribution in [0.5, 0.6) is 0 Å². The average molecular weight is 322 g/mol. The number of rotatable bonds is 5. The quantitative estimate of drug-likeness (QED) is 0.808. The van der Waals surface area contributed by atoms with Crippen molar-refractivity contribution in [3.8, 4) is 10.7 Å². The molecule has 0 radical (unpaired) electrons. The Morgan fingerprint density at radius 1 is 1.29 bits per heavy atom. The molecular formula is C16H20ClN3S. The largest absolute Gasteiger partial charge is 0.370 e. The summed E-state index contributed by atoms with van der Waals surface area (Å²) in [6.45, 7) is 3.10. The zero-order chi connectivity index (χ0) is 14.7. The van der Waals surface area contributed by atoms with E-state index in [1.807, 2.05) is 12.1 Å². The SMILES string of the molecule is CCCNc1cc(C2CCCC2)nc(-c2ccc(Cl)s2)n1. The van der Waals surface area contributed by atoms with E-state index in [1.54, 1.807) is 0 Å². The van der Waals surface area contributed by atoms with E-state index >= 15 is 0 Å². The van der Waals surface area contributed by atoms with Gasteiger partial charge in [-0.3, -0.25) is 0 Å². The summed E-state index contributed by atoms with van der Waals surface area (Å²) < 4.78 is 0.780. The lowest BCUT2D eigenvalue weighted by molar-refractivity contribution is 0.695. The fraction of sp³-hybridized carbons (Fsp3) is 0.500. The summed E-state index contributed by atoms with van der Waals surface area (Å²) in [5.41, 5.74) is 1.18. The third-order valence-corrected chi connectivity index (χ3v) is 5.10. The van der Waals surface area contributed by atoms with Crippen molar-refractivity contribution >= 4 is 28.8 Å². The highest BCUT2D eigenvalue weighted by Gasteiger charge is 2.20. The van der Waals surface area contributed by atoms with Crippen molar-refractivity contribution in [2.75, 3.05) is 11.9 Å². The molecule has 0 amide bonds. The maximum Gasteiger partial charge on any atom is 0.171 e. The lowest BCUT2D eigenvalue weighted by atomic mass is 10.0. The van der Waals surface area contributed by atoms with Gasteiger partial charge in [0.1, 0.15) is 5.82 Å². The van der Waals surface area contributed by atoms with Crippen LogP contribution < -0.4 is 5.32 Å². The molecule has 0 spiro atoms. The van der Waals surface area contributed by atoms with Crippen LogP contribution in [0.3, 0.4) is 0 Å². The smallest absolute Gasteiger partial charge is 0.171 e. The first-order chi connectivity index (χ1) is 10.3.